The van der Waals surface area contributed by atoms with Crippen molar-refractivity contribution < 1.29 is 0 Å². The molecule has 0 aliphatic heterocycles. The van der Waals surface area contributed by atoms with Gasteiger partial charge in [-0.2, -0.15) is 0 Å². The summed E-state index contributed by atoms with van der Waals surface area (Å²) in [7, 11) is 0. The number of hydrogen-bond acceptors (Lipinski definition) is 2. The van der Waals surface area contributed by atoms with E-state index < -0.39 is 0 Å². The van der Waals surface area contributed by atoms with Crippen LogP contribution < -0.4 is 0 Å². The Kier molecular flexibility index (Phi) is 8.59. The standard InChI is InChI=1S/C23H40N4/c1-18(2)9-7-14-26-16-13-24-22(26)12-11-21-17-25-23(20(5)6)27(21)15-8-10-19(3)4/h13,16-20H,7-12,14-15H2,1-6H3. The summed E-state index contributed by atoms with van der Waals surface area (Å²) in [6, 6.07) is 0. The van der Waals surface area contributed by atoms with Crippen molar-refractivity contribution in [3.05, 3.63) is 35.9 Å². The fourth-order valence-corrected chi connectivity index (χ4v) is 3.68. The van der Waals surface area contributed by atoms with Crippen molar-refractivity contribution in [1.82, 2.24) is 19.1 Å². The van der Waals surface area contributed by atoms with Crippen LogP contribution in [0.15, 0.2) is 18.6 Å². The summed E-state index contributed by atoms with van der Waals surface area (Å²) in [6.07, 6.45) is 13.2. The second-order valence-electron chi connectivity index (χ2n) is 9.02. The minimum absolute atomic E-state index is 0.468. The van der Waals surface area contributed by atoms with Crippen molar-refractivity contribution in [2.24, 2.45) is 11.8 Å². The summed E-state index contributed by atoms with van der Waals surface area (Å²) in [5.74, 6) is 4.44. The normalized spacial score (nSPS) is 12.0. The van der Waals surface area contributed by atoms with E-state index in [9.17, 15) is 0 Å². The molecule has 0 unspecified atom stereocenters. The van der Waals surface area contributed by atoms with Crippen LogP contribution in [0.2, 0.25) is 0 Å². The van der Waals surface area contributed by atoms with Gasteiger partial charge < -0.3 is 9.13 Å². The minimum atomic E-state index is 0.468. The molecule has 2 aromatic heterocycles. The molecule has 0 saturated carbocycles. The average molecular weight is 373 g/mol. The van der Waals surface area contributed by atoms with Crippen LogP contribution in [-0.4, -0.2) is 19.1 Å². The van der Waals surface area contributed by atoms with Crippen molar-refractivity contribution in [3.8, 4) is 0 Å². The van der Waals surface area contributed by atoms with Crippen LogP contribution in [0.5, 0.6) is 0 Å². The van der Waals surface area contributed by atoms with Crippen LogP contribution >= 0.6 is 0 Å². The minimum Gasteiger partial charge on any atom is -0.335 e. The molecule has 0 amide bonds. The quantitative estimate of drug-likeness (QED) is 0.468. The molecule has 4 nitrogen and oxygen atoms in total. The van der Waals surface area contributed by atoms with E-state index in [1.165, 1.54) is 43.0 Å². The van der Waals surface area contributed by atoms with Crippen molar-refractivity contribution in [3.63, 3.8) is 0 Å². The van der Waals surface area contributed by atoms with E-state index in [0.29, 0.717) is 5.92 Å². The molecule has 2 heterocycles. The van der Waals surface area contributed by atoms with Gasteiger partial charge in [0.15, 0.2) is 0 Å². The predicted octanol–water partition coefficient (Wildman–Crippen LogP) is 5.86. The Morgan fingerprint density at radius 1 is 0.852 bits per heavy atom. The van der Waals surface area contributed by atoms with Gasteiger partial charge in [-0.15, -0.1) is 0 Å². The Bertz CT molecular complexity index is 664. The fraction of sp³-hybridized carbons (Fsp3) is 0.739. The van der Waals surface area contributed by atoms with E-state index in [4.69, 9.17) is 4.98 Å². The maximum Gasteiger partial charge on any atom is 0.111 e. The molecule has 152 valence electrons. The van der Waals surface area contributed by atoms with Gasteiger partial charge in [-0.05, 0) is 43.9 Å². The van der Waals surface area contributed by atoms with Gasteiger partial charge in [0, 0.05) is 49.7 Å². The first-order valence-corrected chi connectivity index (χ1v) is 10.9. The topological polar surface area (TPSA) is 35.6 Å². The van der Waals surface area contributed by atoms with Gasteiger partial charge in [0.1, 0.15) is 11.6 Å². The summed E-state index contributed by atoms with van der Waals surface area (Å²) >= 11 is 0. The molecular formula is C23H40N4. The van der Waals surface area contributed by atoms with Crippen molar-refractivity contribution in [2.45, 2.75) is 99.1 Å². The van der Waals surface area contributed by atoms with Crippen LogP contribution in [0.4, 0.5) is 0 Å². The molecule has 0 radical (unpaired) electrons. The average Bonchev–Trinajstić information content (AvgIpc) is 3.19. The zero-order valence-electron chi connectivity index (χ0n) is 18.4. The van der Waals surface area contributed by atoms with Gasteiger partial charge in [-0.25, -0.2) is 9.97 Å². The van der Waals surface area contributed by atoms with Crippen LogP contribution in [-0.2, 0) is 25.9 Å². The molecule has 0 atom stereocenters. The molecule has 0 N–H and O–H groups in total. The molecule has 0 saturated heterocycles. The van der Waals surface area contributed by atoms with Gasteiger partial charge in [0.2, 0.25) is 0 Å². The summed E-state index contributed by atoms with van der Waals surface area (Å²) < 4.78 is 4.81. The molecule has 2 aromatic rings. The molecule has 0 bridgehead atoms. The number of nitrogens with zero attached hydrogens (tertiary/aromatic N) is 4. The lowest BCUT2D eigenvalue weighted by molar-refractivity contribution is 0.487. The van der Waals surface area contributed by atoms with Crippen LogP contribution in [0, 0.1) is 11.8 Å². The van der Waals surface area contributed by atoms with E-state index in [1.54, 1.807) is 0 Å². The zero-order valence-corrected chi connectivity index (χ0v) is 18.4. The maximum absolute atomic E-state index is 4.74. The Morgan fingerprint density at radius 3 is 2.15 bits per heavy atom. The summed E-state index contributed by atoms with van der Waals surface area (Å²) in [5, 5.41) is 0. The number of aromatic nitrogens is 4. The lowest BCUT2D eigenvalue weighted by Crippen LogP contribution is -2.12. The molecule has 0 fully saturated rings. The number of rotatable bonds is 12. The van der Waals surface area contributed by atoms with Crippen LogP contribution in [0.1, 0.15) is 90.5 Å². The third kappa shape index (κ3) is 6.82. The van der Waals surface area contributed by atoms with E-state index >= 15 is 0 Å². The van der Waals surface area contributed by atoms with Crippen molar-refractivity contribution in [2.75, 3.05) is 0 Å². The Balaban J connectivity index is 2.00. The monoisotopic (exact) mass is 372 g/mol. The van der Waals surface area contributed by atoms with E-state index in [0.717, 1.165) is 37.8 Å². The highest BCUT2D eigenvalue weighted by molar-refractivity contribution is 5.10. The molecule has 2 rings (SSSR count). The van der Waals surface area contributed by atoms with E-state index in [1.807, 2.05) is 6.20 Å². The van der Waals surface area contributed by atoms with Crippen LogP contribution in [0.3, 0.4) is 0 Å². The Labute approximate surface area is 166 Å². The number of hydrogen-bond donors (Lipinski definition) is 0. The van der Waals surface area contributed by atoms with Gasteiger partial charge >= 0.3 is 0 Å². The van der Waals surface area contributed by atoms with Crippen molar-refractivity contribution >= 4 is 0 Å². The maximum atomic E-state index is 4.74. The molecule has 0 aliphatic rings. The first-order valence-electron chi connectivity index (χ1n) is 10.9. The first-order chi connectivity index (χ1) is 12.9. The smallest absolute Gasteiger partial charge is 0.111 e. The molecular weight excluding hydrogens is 332 g/mol. The third-order valence-corrected chi connectivity index (χ3v) is 5.24. The molecule has 0 aliphatic carbocycles. The van der Waals surface area contributed by atoms with Crippen LogP contribution in [0.25, 0.3) is 0 Å². The van der Waals surface area contributed by atoms with Gasteiger partial charge in [0.05, 0.1) is 0 Å². The predicted molar refractivity (Wildman–Crippen MR) is 114 cm³/mol. The fourth-order valence-electron chi connectivity index (χ4n) is 3.68. The summed E-state index contributed by atoms with van der Waals surface area (Å²) in [4.78, 5) is 9.36. The number of aryl methyl sites for hydroxylation is 3. The SMILES string of the molecule is CC(C)CCCn1ccnc1CCc1cnc(C(C)C)n1CCCC(C)C. The Morgan fingerprint density at radius 2 is 1.52 bits per heavy atom. The van der Waals surface area contributed by atoms with Gasteiger partial charge in [0.25, 0.3) is 0 Å². The summed E-state index contributed by atoms with van der Waals surface area (Å²) in [6.45, 7) is 15.8. The Hall–Kier alpha value is -1.58. The highest BCUT2D eigenvalue weighted by atomic mass is 15.1. The largest absolute Gasteiger partial charge is 0.335 e. The van der Waals surface area contributed by atoms with Crippen molar-refractivity contribution in [1.29, 1.82) is 0 Å². The van der Waals surface area contributed by atoms with Gasteiger partial charge in [-0.1, -0.05) is 41.5 Å². The zero-order chi connectivity index (χ0) is 19.8. The molecule has 0 aromatic carbocycles. The summed E-state index contributed by atoms with van der Waals surface area (Å²) in [5.41, 5.74) is 1.36. The lowest BCUT2D eigenvalue weighted by atomic mass is 10.1. The highest BCUT2D eigenvalue weighted by Gasteiger charge is 2.14. The first kappa shape index (κ1) is 21.7. The molecule has 0 spiro atoms. The third-order valence-electron chi connectivity index (χ3n) is 5.24. The van der Waals surface area contributed by atoms with Gasteiger partial charge in [-0.3, -0.25) is 0 Å². The molecule has 27 heavy (non-hydrogen) atoms. The number of imidazole rings is 2. The highest BCUT2D eigenvalue weighted by Crippen LogP contribution is 2.19. The molecule has 4 heteroatoms. The van der Waals surface area contributed by atoms with E-state index in [2.05, 4.69) is 68.1 Å². The lowest BCUT2D eigenvalue weighted by Gasteiger charge is -2.15. The second-order valence-corrected chi connectivity index (χ2v) is 9.02. The van der Waals surface area contributed by atoms with E-state index in [-0.39, 0.29) is 0 Å². The second kappa shape index (κ2) is 10.7.